The van der Waals surface area contributed by atoms with Gasteiger partial charge in [0, 0.05) is 31.0 Å². The van der Waals surface area contributed by atoms with Gasteiger partial charge in [-0.25, -0.2) is 5.01 Å². The van der Waals surface area contributed by atoms with Gasteiger partial charge >= 0.3 is 0 Å². The van der Waals surface area contributed by atoms with Crippen molar-refractivity contribution in [2.45, 2.75) is 33.2 Å². The Kier molecular flexibility index (Phi) is 3.92. The lowest BCUT2D eigenvalue weighted by Gasteiger charge is -2.20. The highest BCUT2D eigenvalue weighted by molar-refractivity contribution is 6.04. The lowest BCUT2D eigenvalue weighted by atomic mass is 9.97. The molecule has 2 aromatic rings. The van der Waals surface area contributed by atoms with Gasteiger partial charge < -0.3 is 4.42 Å². The zero-order chi connectivity index (χ0) is 17.4. The fraction of sp³-hybridized carbons (Fsp3) is 0.294. The van der Waals surface area contributed by atoms with E-state index in [1.54, 1.807) is 18.4 Å². The first-order chi connectivity index (χ1) is 11.4. The molecule has 0 saturated heterocycles. The molecule has 7 heteroatoms. The van der Waals surface area contributed by atoms with Gasteiger partial charge in [-0.05, 0) is 25.0 Å². The number of hydrogen-bond acceptors (Lipinski definition) is 5. The number of furan rings is 1. The van der Waals surface area contributed by atoms with E-state index in [1.165, 1.54) is 24.1 Å². The average Bonchev–Trinajstić information content (AvgIpc) is 3.11. The van der Waals surface area contributed by atoms with Crippen LogP contribution in [-0.4, -0.2) is 21.6 Å². The number of carbonyl (C=O) groups excluding carboxylic acids is 1. The molecule has 1 aromatic carbocycles. The number of hydrazone groups is 1. The Morgan fingerprint density at radius 1 is 1.42 bits per heavy atom. The quantitative estimate of drug-likeness (QED) is 0.637. The van der Waals surface area contributed by atoms with Crippen molar-refractivity contribution in [3.05, 3.63) is 63.1 Å². The summed E-state index contributed by atoms with van der Waals surface area (Å²) in [6, 6.07) is 5.97. The molecule has 1 atom stereocenters. The van der Waals surface area contributed by atoms with Crippen LogP contribution in [0.5, 0.6) is 0 Å². The molecule has 1 aliphatic heterocycles. The molecular formula is C17H17N3O4. The molecule has 0 radical (unpaired) electrons. The lowest BCUT2D eigenvalue weighted by molar-refractivity contribution is -0.384. The Labute approximate surface area is 138 Å². The molecule has 0 bridgehead atoms. The first-order valence-electron chi connectivity index (χ1n) is 7.55. The van der Waals surface area contributed by atoms with Crippen molar-refractivity contribution in [3.63, 3.8) is 0 Å². The summed E-state index contributed by atoms with van der Waals surface area (Å²) in [5, 5.41) is 16.9. The van der Waals surface area contributed by atoms with Crippen LogP contribution in [0.2, 0.25) is 0 Å². The van der Waals surface area contributed by atoms with E-state index in [-0.39, 0.29) is 17.6 Å². The summed E-state index contributed by atoms with van der Waals surface area (Å²) < 4.78 is 5.42. The molecule has 0 aliphatic carbocycles. The van der Waals surface area contributed by atoms with E-state index in [0.29, 0.717) is 12.0 Å². The van der Waals surface area contributed by atoms with Crippen LogP contribution in [0.3, 0.4) is 0 Å². The minimum atomic E-state index is -0.442. The first-order valence-corrected chi connectivity index (χ1v) is 7.55. The predicted molar refractivity (Wildman–Crippen MR) is 87.7 cm³/mol. The maximum Gasteiger partial charge on any atom is 0.269 e. The minimum Gasteiger partial charge on any atom is -0.469 e. The molecule has 0 N–H and O–H groups in total. The zero-order valence-electron chi connectivity index (χ0n) is 13.6. The average molecular weight is 327 g/mol. The molecule has 0 fully saturated rings. The number of nitro groups is 1. The van der Waals surface area contributed by atoms with E-state index < -0.39 is 4.92 Å². The van der Waals surface area contributed by atoms with Crippen LogP contribution >= 0.6 is 0 Å². The van der Waals surface area contributed by atoms with E-state index in [9.17, 15) is 14.9 Å². The van der Waals surface area contributed by atoms with Gasteiger partial charge in [-0.15, -0.1) is 0 Å². The molecule has 7 nitrogen and oxygen atoms in total. The van der Waals surface area contributed by atoms with Gasteiger partial charge in [0.15, 0.2) is 0 Å². The largest absolute Gasteiger partial charge is 0.469 e. The lowest BCUT2D eigenvalue weighted by Crippen LogP contribution is -2.24. The van der Waals surface area contributed by atoms with Gasteiger partial charge in [0.05, 0.1) is 22.9 Å². The second-order valence-electron chi connectivity index (χ2n) is 5.83. The Bertz CT molecular complexity index is 834. The third-order valence-electron chi connectivity index (χ3n) is 4.15. The molecule has 1 aromatic heterocycles. The smallest absolute Gasteiger partial charge is 0.269 e. The van der Waals surface area contributed by atoms with Crippen molar-refractivity contribution in [2.75, 3.05) is 0 Å². The third-order valence-corrected chi connectivity index (χ3v) is 4.15. The van der Waals surface area contributed by atoms with Crippen LogP contribution in [0.1, 0.15) is 41.8 Å². The molecule has 1 aliphatic rings. The Balaban J connectivity index is 2.00. The van der Waals surface area contributed by atoms with Crippen molar-refractivity contribution in [1.82, 2.24) is 5.01 Å². The van der Waals surface area contributed by atoms with E-state index in [2.05, 4.69) is 5.10 Å². The van der Waals surface area contributed by atoms with Gasteiger partial charge in [0.25, 0.3) is 5.69 Å². The SMILES string of the molecule is CC(=O)N1N=C(c2c(C)coc2C)CC1c1cccc([N+](=O)[O-])c1. The van der Waals surface area contributed by atoms with Crippen LogP contribution < -0.4 is 0 Å². The van der Waals surface area contributed by atoms with E-state index in [0.717, 1.165) is 22.6 Å². The molecule has 1 amide bonds. The van der Waals surface area contributed by atoms with Gasteiger partial charge in [-0.3, -0.25) is 14.9 Å². The van der Waals surface area contributed by atoms with E-state index in [4.69, 9.17) is 4.42 Å². The number of carbonyl (C=O) groups is 1. The monoisotopic (exact) mass is 327 g/mol. The second-order valence-corrected chi connectivity index (χ2v) is 5.83. The number of nitro benzene ring substituents is 1. The summed E-state index contributed by atoms with van der Waals surface area (Å²) in [5.41, 5.74) is 3.30. The first kappa shape index (κ1) is 15.9. The minimum absolute atomic E-state index is 0.000115. The van der Waals surface area contributed by atoms with Gasteiger partial charge in [0.1, 0.15) is 5.76 Å². The highest BCUT2D eigenvalue weighted by Gasteiger charge is 2.33. The molecule has 1 unspecified atom stereocenters. The summed E-state index contributed by atoms with van der Waals surface area (Å²) in [6.45, 7) is 5.21. The Hall–Kier alpha value is -2.96. The number of rotatable bonds is 3. The number of hydrogen-bond donors (Lipinski definition) is 0. The highest BCUT2D eigenvalue weighted by atomic mass is 16.6. The standard InChI is InChI=1S/C17H17N3O4/c1-10-9-24-11(2)17(10)15-8-16(19(18-15)12(3)21)13-5-4-6-14(7-13)20(22)23/h4-7,9,16H,8H2,1-3H3. The number of aryl methyl sites for hydroxylation is 2. The van der Waals surface area contributed by atoms with Crippen molar-refractivity contribution in [1.29, 1.82) is 0 Å². The molecular weight excluding hydrogens is 310 g/mol. The molecule has 2 heterocycles. The Morgan fingerprint density at radius 3 is 2.75 bits per heavy atom. The molecule has 0 saturated carbocycles. The fourth-order valence-corrected chi connectivity index (χ4v) is 3.06. The number of nitrogens with zero attached hydrogens (tertiary/aromatic N) is 3. The van der Waals surface area contributed by atoms with Gasteiger partial charge in [-0.2, -0.15) is 5.10 Å². The van der Waals surface area contributed by atoms with Gasteiger partial charge in [-0.1, -0.05) is 12.1 Å². The summed E-state index contributed by atoms with van der Waals surface area (Å²) in [7, 11) is 0. The highest BCUT2D eigenvalue weighted by Crippen LogP contribution is 2.35. The maximum absolute atomic E-state index is 12.0. The maximum atomic E-state index is 12.0. The van der Waals surface area contributed by atoms with Crippen molar-refractivity contribution >= 4 is 17.3 Å². The molecule has 0 spiro atoms. The van der Waals surface area contributed by atoms with E-state index >= 15 is 0 Å². The second kappa shape index (κ2) is 5.92. The third kappa shape index (κ3) is 2.68. The molecule has 24 heavy (non-hydrogen) atoms. The van der Waals surface area contributed by atoms with Crippen LogP contribution in [0, 0.1) is 24.0 Å². The number of amides is 1. The summed E-state index contributed by atoms with van der Waals surface area (Å²) in [6.07, 6.45) is 2.15. The van der Waals surface area contributed by atoms with Crippen LogP contribution in [0.15, 0.2) is 40.0 Å². The van der Waals surface area contributed by atoms with Gasteiger partial charge in [0.2, 0.25) is 5.91 Å². The zero-order valence-corrected chi connectivity index (χ0v) is 13.6. The summed E-state index contributed by atoms with van der Waals surface area (Å²) in [5.74, 6) is 0.537. The summed E-state index contributed by atoms with van der Waals surface area (Å²) >= 11 is 0. The van der Waals surface area contributed by atoms with E-state index in [1.807, 2.05) is 13.8 Å². The van der Waals surface area contributed by atoms with Crippen molar-refractivity contribution in [2.24, 2.45) is 5.10 Å². The topological polar surface area (TPSA) is 89.0 Å². The summed E-state index contributed by atoms with van der Waals surface area (Å²) in [4.78, 5) is 22.6. The van der Waals surface area contributed by atoms with Crippen LogP contribution in [0.4, 0.5) is 5.69 Å². The fourth-order valence-electron chi connectivity index (χ4n) is 3.06. The predicted octanol–water partition coefficient (Wildman–Crippen LogP) is 3.50. The molecule has 124 valence electrons. The van der Waals surface area contributed by atoms with Crippen LogP contribution in [0.25, 0.3) is 0 Å². The van der Waals surface area contributed by atoms with Crippen LogP contribution in [-0.2, 0) is 4.79 Å². The van der Waals surface area contributed by atoms with Crippen molar-refractivity contribution < 1.29 is 14.1 Å². The van der Waals surface area contributed by atoms with Crippen molar-refractivity contribution in [3.8, 4) is 0 Å². The molecule has 3 rings (SSSR count). The Morgan fingerprint density at radius 2 is 2.17 bits per heavy atom. The number of non-ortho nitro benzene ring substituents is 1. The number of benzene rings is 1. The normalized spacial score (nSPS) is 17.0.